The Morgan fingerprint density at radius 2 is 2.05 bits per heavy atom. The number of hydrogen-bond acceptors (Lipinski definition) is 3. The first-order chi connectivity index (χ1) is 9.20. The van der Waals surface area contributed by atoms with Gasteiger partial charge in [0.05, 0.1) is 6.04 Å². The van der Waals surface area contributed by atoms with Gasteiger partial charge in [-0.2, -0.15) is 5.26 Å². The maximum Gasteiger partial charge on any atom is 0.251 e. The molecule has 2 aromatic rings. The maximum absolute atomic E-state index is 12.0. The lowest BCUT2D eigenvalue weighted by Crippen LogP contribution is -2.26. The van der Waals surface area contributed by atoms with Crippen LogP contribution in [0.2, 0.25) is 0 Å². The molecule has 0 aliphatic rings. The second kappa shape index (κ2) is 5.78. The fraction of sp³-hybridized carbons (Fsp3) is 0.133. The van der Waals surface area contributed by atoms with E-state index in [0.29, 0.717) is 5.56 Å². The van der Waals surface area contributed by atoms with E-state index in [1.54, 1.807) is 6.07 Å². The zero-order chi connectivity index (χ0) is 13.7. The van der Waals surface area contributed by atoms with Gasteiger partial charge in [0.25, 0.3) is 5.91 Å². The molecule has 0 spiro atoms. The fourth-order valence-electron chi connectivity index (χ4n) is 1.74. The minimum atomic E-state index is -0.213. The molecule has 1 unspecified atom stereocenters. The van der Waals surface area contributed by atoms with Crippen molar-refractivity contribution in [2.45, 2.75) is 13.0 Å². The normalized spacial score (nSPS) is 11.4. The predicted octanol–water partition coefficient (Wildman–Crippen LogP) is 2.44. The van der Waals surface area contributed by atoms with Crippen LogP contribution in [-0.4, -0.2) is 10.9 Å². The Bertz CT molecular complexity index is 617. The Labute approximate surface area is 111 Å². The van der Waals surface area contributed by atoms with Crippen LogP contribution in [0.15, 0.2) is 48.7 Å². The first kappa shape index (κ1) is 12.8. The molecule has 0 aliphatic heterocycles. The molecule has 2 rings (SSSR count). The van der Waals surface area contributed by atoms with Gasteiger partial charge in [0.2, 0.25) is 0 Å². The quantitative estimate of drug-likeness (QED) is 0.911. The van der Waals surface area contributed by atoms with Gasteiger partial charge in [0.15, 0.2) is 0 Å². The van der Waals surface area contributed by atoms with E-state index in [-0.39, 0.29) is 17.6 Å². The topological polar surface area (TPSA) is 65.8 Å². The molecule has 0 radical (unpaired) electrons. The van der Waals surface area contributed by atoms with Crippen LogP contribution >= 0.6 is 0 Å². The summed E-state index contributed by atoms with van der Waals surface area (Å²) in [5.41, 5.74) is 1.71. The molecule has 1 amide bonds. The average molecular weight is 251 g/mol. The molecule has 4 heteroatoms. The molecule has 1 N–H and O–H groups in total. The van der Waals surface area contributed by atoms with E-state index in [1.807, 2.05) is 43.3 Å². The lowest BCUT2D eigenvalue weighted by molar-refractivity contribution is 0.0939. The lowest BCUT2D eigenvalue weighted by atomic mass is 10.1. The Kier molecular flexibility index (Phi) is 3.89. The van der Waals surface area contributed by atoms with Gasteiger partial charge in [0, 0.05) is 11.8 Å². The summed E-state index contributed by atoms with van der Waals surface area (Å²) in [6.07, 6.45) is 1.46. The second-order valence-corrected chi connectivity index (χ2v) is 4.15. The van der Waals surface area contributed by atoms with Crippen LogP contribution in [0.5, 0.6) is 0 Å². The number of nitrogens with zero attached hydrogens (tertiary/aromatic N) is 2. The summed E-state index contributed by atoms with van der Waals surface area (Å²) in [5, 5.41) is 11.6. The van der Waals surface area contributed by atoms with E-state index in [9.17, 15) is 4.79 Å². The van der Waals surface area contributed by atoms with Gasteiger partial charge in [-0.25, -0.2) is 4.98 Å². The van der Waals surface area contributed by atoms with Gasteiger partial charge < -0.3 is 5.32 Å². The maximum atomic E-state index is 12.0. The van der Waals surface area contributed by atoms with Crippen molar-refractivity contribution in [2.75, 3.05) is 0 Å². The molecule has 0 fully saturated rings. The highest BCUT2D eigenvalue weighted by Crippen LogP contribution is 2.12. The molecule has 19 heavy (non-hydrogen) atoms. The third kappa shape index (κ3) is 3.17. The number of amides is 1. The standard InChI is InChI=1S/C15H13N3O/c1-11(12-5-3-2-4-6-12)18-15(19)13-7-8-17-14(9-13)10-16/h2-9,11H,1H3,(H,18,19). The van der Waals surface area contributed by atoms with Gasteiger partial charge in [0.1, 0.15) is 11.8 Å². The van der Waals surface area contributed by atoms with Crippen LogP contribution in [0.3, 0.4) is 0 Å². The molecule has 0 aliphatic carbocycles. The Morgan fingerprint density at radius 1 is 1.32 bits per heavy atom. The van der Waals surface area contributed by atoms with E-state index in [4.69, 9.17) is 5.26 Å². The van der Waals surface area contributed by atoms with Gasteiger partial charge in [-0.15, -0.1) is 0 Å². The van der Waals surface area contributed by atoms with Crippen LogP contribution in [0.1, 0.15) is 34.6 Å². The molecule has 0 bridgehead atoms. The van der Waals surface area contributed by atoms with Crippen molar-refractivity contribution in [1.82, 2.24) is 10.3 Å². The van der Waals surface area contributed by atoms with E-state index >= 15 is 0 Å². The van der Waals surface area contributed by atoms with Crippen LogP contribution in [-0.2, 0) is 0 Å². The molecular formula is C15H13N3O. The van der Waals surface area contributed by atoms with Crippen molar-refractivity contribution < 1.29 is 4.79 Å². The van der Waals surface area contributed by atoms with Gasteiger partial charge in [-0.3, -0.25) is 4.79 Å². The third-order valence-corrected chi connectivity index (χ3v) is 2.78. The van der Waals surface area contributed by atoms with E-state index in [0.717, 1.165) is 5.56 Å². The van der Waals surface area contributed by atoms with Crippen molar-refractivity contribution in [1.29, 1.82) is 5.26 Å². The summed E-state index contributed by atoms with van der Waals surface area (Å²) in [5.74, 6) is -0.213. The lowest BCUT2D eigenvalue weighted by Gasteiger charge is -2.14. The summed E-state index contributed by atoms with van der Waals surface area (Å²) in [7, 11) is 0. The van der Waals surface area contributed by atoms with Gasteiger partial charge in [-0.05, 0) is 24.6 Å². The van der Waals surface area contributed by atoms with Crippen molar-refractivity contribution in [3.05, 3.63) is 65.5 Å². The number of pyridine rings is 1. The highest BCUT2D eigenvalue weighted by molar-refractivity contribution is 5.94. The van der Waals surface area contributed by atoms with Crippen LogP contribution in [0, 0.1) is 11.3 Å². The zero-order valence-electron chi connectivity index (χ0n) is 10.5. The summed E-state index contributed by atoms with van der Waals surface area (Å²) < 4.78 is 0. The minimum Gasteiger partial charge on any atom is -0.346 e. The predicted molar refractivity (Wildman–Crippen MR) is 71.3 cm³/mol. The molecule has 1 heterocycles. The smallest absolute Gasteiger partial charge is 0.251 e. The van der Waals surface area contributed by atoms with Crippen molar-refractivity contribution >= 4 is 5.91 Å². The largest absolute Gasteiger partial charge is 0.346 e. The number of hydrogen-bond donors (Lipinski definition) is 1. The summed E-state index contributed by atoms with van der Waals surface area (Å²) in [6, 6.07) is 14.6. The van der Waals surface area contributed by atoms with Gasteiger partial charge in [-0.1, -0.05) is 30.3 Å². The number of nitriles is 1. The average Bonchev–Trinajstić information content (AvgIpc) is 2.48. The Hall–Kier alpha value is -2.67. The molecular weight excluding hydrogens is 238 g/mol. The second-order valence-electron chi connectivity index (χ2n) is 4.15. The highest BCUT2D eigenvalue weighted by atomic mass is 16.1. The van der Waals surface area contributed by atoms with E-state index < -0.39 is 0 Å². The molecule has 4 nitrogen and oxygen atoms in total. The Morgan fingerprint density at radius 3 is 2.74 bits per heavy atom. The zero-order valence-corrected chi connectivity index (χ0v) is 10.5. The van der Waals surface area contributed by atoms with E-state index in [1.165, 1.54) is 12.3 Å². The molecule has 0 saturated heterocycles. The molecule has 1 aromatic heterocycles. The van der Waals surface area contributed by atoms with E-state index in [2.05, 4.69) is 10.3 Å². The summed E-state index contributed by atoms with van der Waals surface area (Å²) in [6.45, 7) is 1.92. The van der Waals surface area contributed by atoms with Crippen molar-refractivity contribution in [2.24, 2.45) is 0 Å². The van der Waals surface area contributed by atoms with Crippen LogP contribution < -0.4 is 5.32 Å². The van der Waals surface area contributed by atoms with Crippen molar-refractivity contribution in [3.63, 3.8) is 0 Å². The van der Waals surface area contributed by atoms with Crippen LogP contribution in [0.25, 0.3) is 0 Å². The number of nitrogens with one attached hydrogen (secondary N) is 1. The first-order valence-electron chi connectivity index (χ1n) is 5.92. The summed E-state index contributed by atoms with van der Waals surface area (Å²) in [4.78, 5) is 15.9. The molecule has 94 valence electrons. The van der Waals surface area contributed by atoms with Crippen LogP contribution in [0.4, 0.5) is 0 Å². The number of rotatable bonds is 3. The highest BCUT2D eigenvalue weighted by Gasteiger charge is 2.11. The molecule has 1 aromatic carbocycles. The third-order valence-electron chi connectivity index (χ3n) is 2.78. The first-order valence-corrected chi connectivity index (χ1v) is 5.92. The summed E-state index contributed by atoms with van der Waals surface area (Å²) >= 11 is 0. The minimum absolute atomic E-state index is 0.0904. The number of carbonyl (C=O) groups excluding carboxylic acids is 1. The monoisotopic (exact) mass is 251 g/mol. The van der Waals surface area contributed by atoms with Gasteiger partial charge >= 0.3 is 0 Å². The Balaban J connectivity index is 2.11. The molecule has 1 atom stereocenters. The van der Waals surface area contributed by atoms with Crippen molar-refractivity contribution in [3.8, 4) is 6.07 Å². The number of benzene rings is 1. The number of carbonyl (C=O) groups is 1. The SMILES string of the molecule is CC(NC(=O)c1ccnc(C#N)c1)c1ccccc1. The molecule has 0 saturated carbocycles. The fourth-order valence-corrected chi connectivity index (χ4v) is 1.74. The number of aromatic nitrogens is 1.